The molecule has 2 rings (SSSR count). The number of hydrogen-bond acceptors (Lipinski definition) is 6. The highest BCUT2D eigenvalue weighted by atomic mass is 16.5. The second kappa shape index (κ2) is 5.26. The molecule has 2 aromatic heterocycles. The average Bonchev–Trinajstić information content (AvgIpc) is 2.77. The van der Waals surface area contributed by atoms with Gasteiger partial charge in [0.2, 0.25) is 5.88 Å². The molecule has 0 bridgehead atoms. The van der Waals surface area contributed by atoms with Gasteiger partial charge in [0.05, 0.1) is 7.11 Å². The van der Waals surface area contributed by atoms with E-state index in [-0.39, 0.29) is 12.6 Å². The lowest BCUT2D eigenvalue weighted by atomic mass is 10.5. The maximum atomic E-state index is 10.6. The number of carbonyl (C=O) groups is 1. The molecule has 0 aliphatic rings. The van der Waals surface area contributed by atoms with Gasteiger partial charge >= 0.3 is 5.97 Å². The Labute approximate surface area is 103 Å². The number of nitrogens with zero attached hydrogens (tertiary/aromatic N) is 4. The van der Waals surface area contributed by atoms with Crippen molar-refractivity contribution < 1.29 is 14.3 Å². The number of fused-ring (bicyclic) bond motifs is 1. The summed E-state index contributed by atoms with van der Waals surface area (Å²) in [6, 6.07) is 0. The molecular weight excluding hydrogens is 236 g/mol. The minimum Gasteiger partial charge on any atom is -0.479 e. The van der Waals surface area contributed by atoms with E-state index in [1.54, 1.807) is 23.2 Å². The molecule has 0 saturated carbocycles. The SMILES string of the molecule is COc1ncnc2c1ncn2/C=C/COC(C)=O. The van der Waals surface area contributed by atoms with Crippen molar-refractivity contribution in [1.82, 2.24) is 19.5 Å². The largest absolute Gasteiger partial charge is 0.479 e. The Morgan fingerprint density at radius 2 is 2.28 bits per heavy atom. The third-order valence-corrected chi connectivity index (χ3v) is 2.17. The van der Waals surface area contributed by atoms with Crippen LogP contribution in [0.2, 0.25) is 0 Å². The van der Waals surface area contributed by atoms with E-state index >= 15 is 0 Å². The predicted octanol–water partition coefficient (Wildman–Crippen LogP) is 0.869. The van der Waals surface area contributed by atoms with E-state index in [4.69, 9.17) is 9.47 Å². The van der Waals surface area contributed by atoms with Gasteiger partial charge in [-0.3, -0.25) is 9.36 Å². The van der Waals surface area contributed by atoms with Crippen molar-refractivity contribution in [3.05, 3.63) is 18.7 Å². The van der Waals surface area contributed by atoms with Crippen LogP contribution in [0, 0.1) is 0 Å². The first kappa shape index (κ1) is 12.0. The third kappa shape index (κ3) is 2.45. The summed E-state index contributed by atoms with van der Waals surface area (Å²) in [6.45, 7) is 1.57. The van der Waals surface area contributed by atoms with Gasteiger partial charge in [0.15, 0.2) is 11.2 Å². The van der Waals surface area contributed by atoms with Gasteiger partial charge in [0, 0.05) is 13.1 Å². The normalized spacial score (nSPS) is 11.0. The van der Waals surface area contributed by atoms with Crippen LogP contribution >= 0.6 is 0 Å². The van der Waals surface area contributed by atoms with Crippen LogP contribution in [0.15, 0.2) is 18.7 Å². The fourth-order valence-corrected chi connectivity index (χ4v) is 1.41. The number of ether oxygens (including phenoxy) is 2. The molecule has 0 radical (unpaired) electrons. The van der Waals surface area contributed by atoms with Gasteiger partial charge in [-0.05, 0) is 6.08 Å². The average molecular weight is 248 g/mol. The zero-order chi connectivity index (χ0) is 13.0. The molecule has 0 aromatic carbocycles. The molecule has 0 aliphatic carbocycles. The fraction of sp³-hybridized carbons (Fsp3) is 0.273. The zero-order valence-electron chi connectivity index (χ0n) is 10.0. The van der Waals surface area contributed by atoms with Gasteiger partial charge in [-0.15, -0.1) is 0 Å². The Kier molecular flexibility index (Phi) is 3.52. The molecule has 2 aromatic rings. The summed E-state index contributed by atoms with van der Waals surface area (Å²) < 4.78 is 11.6. The van der Waals surface area contributed by atoms with E-state index in [0.717, 1.165) is 0 Å². The first-order valence-electron chi connectivity index (χ1n) is 5.24. The Morgan fingerprint density at radius 1 is 1.44 bits per heavy atom. The van der Waals surface area contributed by atoms with Crippen LogP contribution in [0.5, 0.6) is 5.88 Å². The van der Waals surface area contributed by atoms with Gasteiger partial charge < -0.3 is 9.47 Å². The number of esters is 1. The lowest BCUT2D eigenvalue weighted by Crippen LogP contribution is -1.98. The number of methoxy groups -OCH3 is 1. The van der Waals surface area contributed by atoms with E-state index in [9.17, 15) is 4.79 Å². The fourth-order valence-electron chi connectivity index (χ4n) is 1.41. The van der Waals surface area contributed by atoms with E-state index in [0.29, 0.717) is 17.0 Å². The molecule has 0 N–H and O–H groups in total. The standard InChI is InChI=1S/C11H12N4O3/c1-8(16)18-5-3-4-15-7-14-9-10(15)12-6-13-11(9)17-2/h3-4,6-7H,5H2,1-2H3/b4-3+. The molecule has 7 heteroatoms. The third-order valence-electron chi connectivity index (χ3n) is 2.17. The van der Waals surface area contributed by atoms with Crippen LogP contribution in [0.1, 0.15) is 6.92 Å². The number of imidazole rings is 1. The Bertz CT molecular complexity index is 591. The van der Waals surface area contributed by atoms with Gasteiger partial charge in [-0.25, -0.2) is 9.97 Å². The number of hydrogen-bond donors (Lipinski definition) is 0. The van der Waals surface area contributed by atoms with E-state index in [2.05, 4.69) is 15.0 Å². The van der Waals surface area contributed by atoms with Gasteiger partial charge in [-0.2, -0.15) is 4.98 Å². The quantitative estimate of drug-likeness (QED) is 0.747. The molecule has 7 nitrogen and oxygen atoms in total. The summed E-state index contributed by atoms with van der Waals surface area (Å²) in [6.07, 6.45) is 6.40. The molecule has 0 atom stereocenters. The number of carbonyl (C=O) groups excluding carboxylic acids is 1. The van der Waals surface area contributed by atoms with Crippen molar-refractivity contribution in [2.24, 2.45) is 0 Å². The first-order chi connectivity index (χ1) is 8.72. The van der Waals surface area contributed by atoms with Crippen LogP contribution in [0.4, 0.5) is 0 Å². The molecule has 0 saturated heterocycles. The second-order valence-corrected chi connectivity index (χ2v) is 3.39. The summed E-state index contributed by atoms with van der Waals surface area (Å²) >= 11 is 0. The molecule has 2 heterocycles. The highest BCUT2D eigenvalue weighted by molar-refractivity contribution is 5.77. The molecule has 94 valence electrons. The highest BCUT2D eigenvalue weighted by Crippen LogP contribution is 2.18. The maximum absolute atomic E-state index is 10.6. The lowest BCUT2D eigenvalue weighted by Gasteiger charge is -1.99. The summed E-state index contributed by atoms with van der Waals surface area (Å²) in [5.74, 6) is 0.103. The van der Waals surface area contributed by atoms with Crippen molar-refractivity contribution in [3.63, 3.8) is 0 Å². The topological polar surface area (TPSA) is 79.1 Å². The Balaban J connectivity index is 2.22. The number of aromatic nitrogens is 4. The molecule has 0 fully saturated rings. The molecule has 0 aliphatic heterocycles. The maximum Gasteiger partial charge on any atom is 0.302 e. The molecule has 18 heavy (non-hydrogen) atoms. The van der Waals surface area contributed by atoms with E-state index in [1.807, 2.05) is 0 Å². The van der Waals surface area contributed by atoms with Crippen molar-refractivity contribution in [2.75, 3.05) is 13.7 Å². The minimum atomic E-state index is -0.320. The smallest absolute Gasteiger partial charge is 0.302 e. The Hall–Kier alpha value is -2.44. The summed E-state index contributed by atoms with van der Waals surface area (Å²) in [5.41, 5.74) is 1.21. The van der Waals surface area contributed by atoms with E-state index < -0.39 is 0 Å². The van der Waals surface area contributed by atoms with Crippen molar-refractivity contribution in [1.29, 1.82) is 0 Å². The van der Waals surface area contributed by atoms with Crippen LogP contribution in [-0.2, 0) is 9.53 Å². The monoisotopic (exact) mass is 248 g/mol. The molecule has 0 amide bonds. The predicted molar refractivity (Wildman–Crippen MR) is 63.8 cm³/mol. The number of rotatable bonds is 4. The van der Waals surface area contributed by atoms with E-state index in [1.165, 1.54) is 20.4 Å². The van der Waals surface area contributed by atoms with Crippen LogP contribution in [0.3, 0.4) is 0 Å². The van der Waals surface area contributed by atoms with Crippen molar-refractivity contribution >= 4 is 23.3 Å². The lowest BCUT2D eigenvalue weighted by molar-refractivity contribution is -0.139. The summed E-state index contributed by atoms with van der Waals surface area (Å²) in [7, 11) is 1.53. The van der Waals surface area contributed by atoms with Crippen LogP contribution in [0.25, 0.3) is 17.4 Å². The van der Waals surface area contributed by atoms with Crippen LogP contribution < -0.4 is 4.74 Å². The Morgan fingerprint density at radius 3 is 3.00 bits per heavy atom. The van der Waals surface area contributed by atoms with Crippen molar-refractivity contribution in [2.45, 2.75) is 6.92 Å². The highest BCUT2D eigenvalue weighted by Gasteiger charge is 2.08. The minimum absolute atomic E-state index is 0.206. The van der Waals surface area contributed by atoms with Gasteiger partial charge in [0.1, 0.15) is 19.3 Å². The van der Waals surface area contributed by atoms with Gasteiger partial charge in [-0.1, -0.05) is 0 Å². The van der Waals surface area contributed by atoms with Crippen LogP contribution in [-0.4, -0.2) is 39.2 Å². The first-order valence-corrected chi connectivity index (χ1v) is 5.24. The van der Waals surface area contributed by atoms with Crippen molar-refractivity contribution in [3.8, 4) is 5.88 Å². The van der Waals surface area contributed by atoms with Gasteiger partial charge in [0.25, 0.3) is 0 Å². The zero-order valence-corrected chi connectivity index (χ0v) is 10.0. The molecular formula is C11H12N4O3. The summed E-state index contributed by atoms with van der Waals surface area (Å²) in [5, 5.41) is 0. The second-order valence-electron chi connectivity index (χ2n) is 3.39. The summed E-state index contributed by atoms with van der Waals surface area (Å²) in [4.78, 5) is 22.8. The molecule has 0 spiro atoms. The molecule has 0 unspecified atom stereocenters.